The van der Waals surface area contributed by atoms with E-state index in [0.29, 0.717) is 43.1 Å². The monoisotopic (exact) mass is 538 g/mol. The number of pyridine rings is 2. The zero-order valence-corrected chi connectivity index (χ0v) is 23.3. The lowest BCUT2D eigenvalue weighted by Gasteiger charge is -2.38. The summed E-state index contributed by atoms with van der Waals surface area (Å²) in [7, 11) is 1.74. The predicted molar refractivity (Wildman–Crippen MR) is 152 cm³/mol. The second-order valence-corrected chi connectivity index (χ2v) is 11.0. The third-order valence-corrected chi connectivity index (χ3v) is 7.64. The van der Waals surface area contributed by atoms with Crippen LogP contribution in [0.15, 0.2) is 30.7 Å². The number of aliphatic hydroxyl groups is 1. The van der Waals surface area contributed by atoms with E-state index in [0.717, 1.165) is 54.9 Å². The lowest BCUT2D eigenvalue weighted by molar-refractivity contribution is -0.00860. The SMILES string of the molecule is COCCN1CCCN(c2ncc(C(C)C)c3cc(Nc4ccnc(N5CC[C@@H](O)[C@@](C)(F)C5)n4)ncc23)C1. The molecule has 5 heterocycles. The number of rotatable bonds is 8. The van der Waals surface area contributed by atoms with Crippen molar-refractivity contribution in [2.45, 2.75) is 51.3 Å². The van der Waals surface area contributed by atoms with Gasteiger partial charge in [-0.2, -0.15) is 4.98 Å². The van der Waals surface area contributed by atoms with Crippen molar-refractivity contribution in [1.82, 2.24) is 24.8 Å². The van der Waals surface area contributed by atoms with E-state index in [2.05, 4.69) is 45.0 Å². The molecule has 0 saturated carbocycles. The second-order valence-electron chi connectivity index (χ2n) is 11.0. The Morgan fingerprint density at radius 2 is 1.97 bits per heavy atom. The summed E-state index contributed by atoms with van der Waals surface area (Å²) in [5, 5.41) is 15.4. The summed E-state index contributed by atoms with van der Waals surface area (Å²) in [6.07, 6.45) is 5.95. The molecule has 39 heavy (non-hydrogen) atoms. The fraction of sp³-hybridized carbons (Fsp3) is 0.571. The van der Waals surface area contributed by atoms with Crippen molar-refractivity contribution >= 4 is 34.2 Å². The minimum atomic E-state index is -1.71. The zero-order chi connectivity index (χ0) is 27.6. The topological polar surface area (TPSA) is 103 Å². The number of hydrogen-bond acceptors (Lipinski definition) is 10. The minimum Gasteiger partial charge on any atom is -0.390 e. The maximum absolute atomic E-state index is 14.8. The fourth-order valence-electron chi connectivity index (χ4n) is 5.38. The molecule has 5 rings (SSSR count). The molecule has 2 aliphatic heterocycles. The maximum atomic E-state index is 14.8. The molecule has 0 unspecified atom stereocenters. The number of methoxy groups -OCH3 is 1. The van der Waals surface area contributed by atoms with Crippen molar-refractivity contribution in [1.29, 1.82) is 0 Å². The van der Waals surface area contributed by atoms with E-state index in [1.165, 1.54) is 6.92 Å². The highest BCUT2D eigenvalue weighted by Crippen LogP contribution is 2.33. The first-order chi connectivity index (χ1) is 18.7. The minimum absolute atomic E-state index is 0.0404. The molecule has 2 saturated heterocycles. The third kappa shape index (κ3) is 6.05. The summed E-state index contributed by atoms with van der Waals surface area (Å²) in [5.41, 5.74) is -0.552. The van der Waals surface area contributed by atoms with E-state index in [1.807, 2.05) is 12.4 Å². The van der Waals surface area contributed by atoms with Crippen molar-refractivity contribution in [3.63, 3.8) is 0 Å². The van der Waals surface area contributed by atoms with Crippen LogP contribution in [0, 0.1) is 0 Å². The van der Waals surface area contributed by atoms with Crippen LogP contribution in [0.2, 0.25) is 0 Å². The van der Waals surface area contributed by atoms with Gasteiger partial charge < -0.3 is 25.0 Å². The van der Waals surface area contributed by atoms with Gasteiger partial charge in [-0.05, 0) is 48.8 Å². The van der Waals surface area contributed by atoms with Crippen molar-refractivity contribution in [2.24, 2.45) is 0 Å². The Balaban J connectivity index is 1.41. The lowest BCUT2D eigenvalue weighted by atomic mass is 9.94. The fourth-order valence-corrected chi connectivity index (χ4v) is 5.38. The van der Waals surface area contributed by atoms with Gasteiger partial charge in [0.05, 0.1) is 25.9 Å². The molecule has 10 nitrogen and oxygen atoms in total. The van der Waals surface area contributed by atoms with Gasteiger partial charge in [0.1, 0.15) is 17.5 Å². The zero-order valence-electron chi connectivity index (χ0n) is 23.3. The summed E-state index contributed by atoms with van der Waals surface area (Å²) in [4.78, 5) is 25.1. The number of fused-ring (bicyclic) bond motifs is 1. The first-order valence-corrected chi connectivity index (χ1v) is 13.7. The van der Waals surface area contributed by atoms with Gasteiger partial charge in [0.15, 0.2) is 5.67 Å². The van der Waals surface area contributed by atoms with Crippen LogP contribution in [0.25, 0.3) is 10.8 Å². The van der Waals surface area contributed by atoms with Crippen LogP contribution in [0.4, 0.5) is 27.8 Å². The molecule has 0 aromatic carbocycles. The highest BCUT2D eigenvalue weighted by Gasteiger charge is 2.39. The van der Waals surface area contributed by atoms with Gasteiger partial charge in [-0.15, -0.1) is 0 Å². The number of hydrogen-bond donors (Lipinski definition) is 2. The van der Waals surface area contributed by atoms with Crippen LogP contribution < -0.4 is 15.1 Å². The molecule has 0 amide bonds. The normalized spacial score (nSPS) is 22.6. The first kappa shape index (κ1) is 27.4. The molecule has 0 aliphatic carbocycles. The van der Waals surface area contributed by atoms with Gasteiger partial charge in [0.25, 0.3) is 0 Å². The maximum Gasteiger partial charge on any atom is 0.227 e. The van der Waals surface area contributed by atoms with Crippen LogP contribution in [-0.4, -0.2) is 94.8 Å². The molecule has 2 aliphatic rings. The van der Waals surface area contributed by atoms with Gasteiger partial charge in [0, 0.05) is 57.3 Å². The molecule has 0 bridgehead atoms. The smallest absolute Gasteiger partial charge is 0.227 e. The number of aromatic nitrogens is 4. The second kappa shape index (κ2) is 11.5. The largest absolute Gasteiger partial charge is 0.390 e. The molecule has 0 spiro atoms. The van der Waals surface area contributed by atoms with Crippen molar-refractivity contribution in [3.05, 3.63) is 36.3 Å². The molecule has 2 fully saturated rings. The molecule has 3 aromatic heterocycles. The van der Waals surface area contributed by atoms with Gasteiger partial charge in [-0.1, -0.05) is 13.8 Å². The number of alkyl halides is 1. The molecule has 210 valence electrons. The highest BCUT2D eigenvalue weighted by atomic mass is 19.1. The van der Waals surface area contributed by atoms with E-state index < -0.39 is 11.8 Å². The number of anilines is 4. The molecular formula is C28H39FN8O2. The Morgan fingerprint density at radius 3 is 2.74 bits per heavy atom. The van der Waals surface area contributed by atoms with Crippen LogP contribution >= 0.6 is 0 Å². The first-order valence-electron chi connectivity index (χ1n) is 13.7. The van der Waals surface area contributed by atoms with Crippen LogP contribution in [0.5, 0.6) is 0 Å². The number of halogens is 1. The average Bonchev–Trinajstić information content (AvgIpc) is 2.93. The molecular weight excluding hydrogens is 499 g/mol. The predicted octanol–water partition coefficient (Wildman–Crippen LogP) is 3.70. The lowest BCUT2D eigenvalue weighted by Crippen LogP contribution is -2.52. The molecule has 0 radical (unpaired) electrons. The van der Waals surface area contributed by atoms with Gasteiger partial charge in [0.2, 0.25) is 5.95 Å². The molecule has 11 heteroatoms. The number of aliphatic hydroxyl groups excluding tert-OH is 1. The Bertz CT molecular complexity index is 1290. The Labute approximate surface area is 229 Å². The highest BCUT2D eigenvalue weighted by molar-refractivity contribution is 5.95. The van der Waals surface area contributed by atoms with E-state index in [9.17, 15) is 9.50 Å². The van der Waals surface area contributed by atoms with E-state index in [-0.39, 0.29) is 6.54 Å². The van der Waals surface area contributed by atoms with E-state index in [1.54, 1.807) is 24.3 Å². The molecule has 2 atom stereocenters. The summed E-state index contributed by atoms with van der Waals surface area (Å²) in [6.45, 7) is 10.7. The van der Waals surface area contributed by atoms with Crippen LogP contribution in [0.3, 0.4) is 0 Å². The molecule has 3 aromatic rings. The standard InChI is InChI=1S/C28H39FN8O2/c1-19(2)21-15-32-26(37-10-5-9-35(18-37)12-13-39-4)22-16-31-25(14-20(21)22)33-24-6-8-30-27(34-24)36-11-7-23(38)28(3,29)17-36/h6,8,14-16,19,23,38H,5,7,9-13,17-18H2,1-4H3,(H,30,31,33,34)/t23-,28+/m1/s1. The summed E-state index contributed by atoms with van der Waals surface area (Å²) in [6, 6.07) is 3.83. The average molecular weight is 539 g/mol. The number of nitrogens with zero attached hydrogens (tertiary/aromatic N) is 7. The Morgan fingerprint density at radius 1 is 1.13 bits per heavy atom. The number of nitrogens with one attached hydrogen (secondary N) is 1. The Kier molecular flexibility index (Phi) is 8.11. The number of piperidine rings is 1. The van der Waals surface area contributed by atoms with Crippen LogP contribution in [0.1, 0.15) is 45.1 Å². The van der Waals surface area contributed by atoms with Gasteiger partial charge >= 0.3 is 0 Å². The summed E-state index contributed by atoms with van der Waals surface area (Å²) >= 11 is 0. The van der Waals surface area contributed by atoms with E-state index in [4.69, 9.17) is 14.7 Å². The van der Waals surface area contributed by atoms with Crippen LogP contribution in [-0.2, 0) is 4.74 Å². The van der Waals surface area contributed by atoms with Crippen molar-refractivity contribution < 1.29 is 14.2 Å². The van der Waals surface area contributed by atoms with Crippen molar-refractivity contribution in [3.8, 4) is 0 Å². The van der Waals surface area contributed by atoms with Gasteiger partial charge in [-0.25, -0.2) is 19.3 Å². The quantitative estimate of drug-likeness (QED) is 0.441. The number of ether oxygens (including phenoxy) is 1. The Hall–Kier alpha value is -3.15. The van der Waals surface area contributed by atoms with E-state index >= 15 is 0 Å². The third-order valence-electron chi connectivity index (χ3n) is 7.64. The summed E-state index contributed by atoms with van der Waals surface area (Å²) in [5.74, 6) is 2.90. The van der Waals surface area contributed by atoms with Crippen molar-refractivity contribution in [2.75, 3.05) is 68.2 Å². The molecule has 2 N–H and O–H groups in total. The van der Waals surface area contributed by atoms with Gasteiger partial charge in [-0.3, -0.25) is 4.90 Å². The summed E-state index contributed by atoms with van der Waals surface area (Å²) < 4.78 is 20.0.